The smallest absolute Gasteiger partial charge is 0.155 e. The highest BCUT2D eigenvalue weighted by atomic mass is 15.2. The highest BCUT2D eigenvalue weighted by molar-refractivity contribution is 5.55. The first kappa shape index (κ1) is 8.94. The molecular weight excluding hydrogens is 174 g/mol. The molecule has 14 heavy (non-hydrogen) atoms. The summed E-state index contributed by atoms with van der Waals surface area (Å²) in [5, 5.41) is 6.70. The highest BCUT2D eigenvalue weighted by Gasteiger charge is 2.03. The van der Waals surface area contributed by atoms with Crippen LogP contribution in [0.3, 0.4) is 0 Å². The summed E-state index contributed by atoms with van der Waals surface area (Å²) in [6.07, 6.45) is 1.53. The molecule has 0 fully saturated rings. The number of nitrogens with zero attached hydrogens (tertiary/aromatic N) is 2. The fraction of sp³-hybridized carbons (Fsp3) is 0.273. The van der Waals surface area contributed by atoms with Crippen LogP contribution < -0.4 is 0 Å². The molecule has 0 aliphatic rings. The lowest BCUT2D eigenvalue weighted by atomic mass is 10.0. The normalized spacial score (nSPS) is 10.8. The molecule has 3 heteroatoms. The Kier molecular flexibility index (Phi) is 2.31. The minimum absolute atomic E-state index is 0.540. The first-order chi connectivity index (χ1) is 6.77. The zero-order valence-corrected chi connectivity index (χ0v) is 8.36. The summed E-state index contributed by atoms with van der Waals surface area (Å²) in [6.45, 7) is 4.36. The van der Waals surface area contributed by atoms with Gasteiger partial charge in [0.2, 0.25) is 0 Å². The van der Waals surface area contributed by atoms with E-state index in [2.05, 4.69) is 41.2 Å². The topological polar surface area (TPSA) is 41.6 Å². The first-order valence-corrected chi connectivity index (χ1v) is 4.73. The van der Waals surface area contributed by atoms with Crippen LogP contribution in [0.2, 0.25) is 0 Å². The van der Waals surface area contributed by atoms with E-state index in [0.29, 0.717) is 5.92 Å². The van der Waals surface area contributed by atoms with Crippen LogP contribution in [0.25, 0.3) is 11.4 Å². The number of H-pyrrole nitrogens is 1. The standard InChI is InChI=1S/C11H13N3/c1-8(2)9-4-3-5-10(6-9)11-12-7-13-14-11/h3-8H,1-2H3,(H,12,13,14). The Bertz CT molecular complexity index is 404. The van der Waals surface area contributed by atoms with Crippen LogP contribution in [0.15, 0.2) is 30.6 Å². The van der Waals surface area contributed by atoms with Gasteiger partial charge in [-0.3, -0.25) is 5.10 Å². The summed E-state index contributed by atoms with van der Waals surface area (Å²) in [4.78, 5) is 4.12. The lowest BCUT2D eigenvalue weighted by molar-refractivity contribution is 0.867. The predicted octanol–water partition coefficient (Wildman–Crippen LogP) is 2.60. The molecule has 0 saturated carbocycles. The Morgan fingerprint density at radius 2 is 2.14 bits per heavy atom. The van der Waals surface area contributed by atoms with Crippen molar-refractivity contribution in [2.24, 2.45) is 0 Å². The van der Waals surface area contributed by atoms with Crippen molar-refractivity contribution in [3.05, 3.63) is 36.2 Å². The van der Waals surface area contributed by atoms with E-state index in [1.165, 1.54) is 11.9 Å². The van der Waals surface area contributed by atoms with Gasteiger partial charge < -0.3 is 0 Å². The van der Waals surface area contributed by atoms with Gasteiger partial charge in [0.25, 0.3) is 0 Å². The number of nitrogens with one attached hydrogen (secondary N) is 1. The molecule has 1 aromatic carbocycles. The molecular formula is C11H13N3. The number of rotatable bonds is 2. The number of aromatic nitrogens is 3. The average Bonchev–Trinajstić information content (AvgIpc) is 2.71. The van der Waals surface area contributed by atoms with Gasteiger partial charge in [-0.25, -0.2) is 4.98 Å². The van der Waals surface area contributed by atoms with E-state index in [1.807, 2.05) is 12.1 Å². The summed E-state index contributed by atoms with van der Waals surface area (Å²) in [6, 6.07) is 8.36. The molecule has 1 N–H and O–H groups in total. The fourth-order valence-electron chi connectivity index (χ4n) is 1.39. The maximum absolute atomic E-state index is 4.12. The molecule has 1 aromatic heterocycles. The Labute approximate surface area is 83.2 Å². The number of benzene rings is 1. The number of hydrogen-bond acceptors (Lipinski definition) is 2. The van der Waals surface area contributed by atoms with Crippen LogP contribution in [0.1, 0.15) is 25.3 Å². The number of hydrogen-bond donors (Lipinski definition) is 1. The minimum Gasteiger partial charge on any atom is -0.259 e. The van der Waals surface area contributed by atoms with Crippen LogP contribution in [0.5, 0.6) is 0 Å². The lowest BCUT2D eigenvalue weighted by Gasteiger charge is -2.05. The van der Waals surface area contributed by atoms with Crippen molar-refractivity contribution in [1.82, 2.24) is 15.2 Å². The minimum atomic E-state index is 0.540. The van der Waals surface area contributed by atoms with Crippen molar-refractivity contribution in [1.29, 1.82) is 0 Å². The summed E-state index contributed by atoms with van der Waals surface area (Å²) in [5.74, 6) is 1.37. The van der Waals surface area contributed by atoms with E-state index < -0.39 is 0 Å². The third-order valence-corrected chi connectivity index (χ3v) is 2.24. The Morgan fingerprint density at radius 1 is 1.29 bits per heavy atom. The van der Waals surface area contributed by atoms with Crippen molar-refractivity contribution < 1.29 is 0 Å². The van der Waals surface area contributed by atoms with Crippen molar-refractivity contribution in [3.8, 4) is 11.4 Å². The second-order valence-electron chi connectivity index (χ2n) is 3.61. The summed E-state index contributed by atoms with van der Waals surface area (Å²) in [7, 11) is 0. The number of aromatic amines is 1. The monoisotopic (exact) mass is 187 g/mol. The van der Waals surface area contributed by atoms with Crippen molar-refractivity contribution in [2.75, 3.05) is 0 Å². The molecule has 0 atom stereocenters. The van der Waals surface area contributed by atoms with E-state index in [0.717, 1.165) is 11.4 Å². The quantitative estimate of drug-likeness (QED) is 0.785. The maximum Gasteiger partial charge on any atom is 0.155 e. The van der Waals surface area contributed by atoms with Crippen LogP contribution in [0.4, 0.5) is 0 Å². The average molecular weight is 187 g/mol. The highest BCUT2D eigenvalue weighted by Crippen LogP contribution is 2.20. The zero-order chi connectivity index (χ0) is 9.97. The van der Waals surface area contributed by atoms with Gasteiger partial charge in [0.15, 0.2) is 5.82 Å². The Morgan fingerprint density at radius 3 is 2.79 bits per heavy atom. The van der Waals surface area contributed by atoms with Crippen LogP contribution in [-0.4, -0.2) is 15.2 Å². The van der Waals surface area contributed by atoms with Gasteiger partial charge in [-0.1, -0.05) is 32.0 Å². The zero-order valence-electron chi connectivity index (χ0n) is 8.36. The molecule has 1 heterocycles. The van der Waals surface area contributed by atoms with Gasteiger partial charge in [-0.2, -0.15) is 5.10 Å². The van der Waals surface area contributed by atoms with Gasteiger partial charge >= 0.3 is 0 Å². The Hall–Kier alpha value is -1.64. The molecule has 0 unspecified atom stereocenters. The van der Waals surface area contributed by atoms with Crippen molar-refractivity contribution >= 4 is 0 Å². The Balaban J connectivity index is 2.41. The van der Waals surface area contributed by atoms with Gasteiger partial charge in [-0.15, -0.1) is 0 Å². The molecule has 0 bridgehead atoms. The molecule has 0 amide bonds. The van der Waals surface area contributed by atoms with Crippen LogP contribution >= 0.6 is 0 Å². The van der Waals surface area contributed by atoms with Crippen LogP contribution in [0, 0.1) is 0 Å². The van der Waals surface area contributed by atoms with Gasteiger partial charge in [-0.05, 0) is 17.5 Å². The molecule has 0 saturated heterocycles. The molecule has 0 spiro atoms. The van der Waals surface area contributed by atoms with E-state index >= 15 is 0 Å². The van der Waals surface area contributed by atoms with Crippen molar-refractivity contribution in [2.45, 2.75) is 19.8 Å². The lowest BCUT2D eigenvalue weighted by Crippen LogP contribution is -1.88. The third-order valence-electron chi connectivity index (χ3n) is 2.24. The van der Waals surface area contributed by atoms with Crippen molar-refractivity contribution in [3.63, 3.8) is 0 Å². The maximum atomic E-state index is 4.12. The summed E-state index contributed by atoms with van der Waals surface area (Å²) >= 11 is 0. The van der Waals surface area contributed by atoms with E-state index in [9.17, 15) is 0 Å². The molecule has 0 radical (unpaired) electrons. The second kappa shape index (κ2) is 3.62. The molecule has 3 nitrogen and oxygen atoms in total. The third kappa shape index (κ3) is 1.66. The molecule has 0 aliphatic heterocycles. The molecule has 72 valence electrons. The fourth-order valence-corrected chi connectivity index (χ4v) is 1.39. The second-order valence-corrected chi connectivity index (χ2v) is 3.61. The van der Waals surface area contributed by atoms with Gasteiger partial charge in [0, 0.05) is 5.56 Å². The summed E-state index contributed by atoms with van der Waals surface area (Å²) in [5.41, 5.74) is 2.41. The predicted molar refractivity (Wildman–Crippen MR) is 55.9 cm³/mol. The summed E-state index contributed by atoms with van der Waals surface area (Å²) < 4.78 is 0. The first-order valence-electron chi connectivity index (χ1n) is 4.73. The molecule has 2 rings (SSSR count). The SMILES string of the molecule is CC(C)c1cccc(-c2ncn[nH]2)c1. The van der Waals surface area contributed by atoms with Crippen LogP contribution in [-0.2, 0) is 0 Å². The molecule has 0 aliphatic carbocycles. The van der Waals surface area contributed by atoms with E-state index in [-0.39, 0.29) is 0 Å². The van der Waals surface area contributed by atoms with E-state index in [1.54, 1.807) is 0 Å². The van der Waals surface area contributed by atoms with E-state index in [4.69, 9.17) is 0 Å². The van der Waals surface area contributed by atoms with Gasteiger partial charge in [0.1, 0.15) is 6.33 Å². The largest absolute Gasteiger partial charge is 0.259 e. The van der Waals surface area contributed by atoms with Gasteiger partial charge in [0.05, 0.1) is 0 Å². The molecule has 2 aromatic rings.